The van der Waals surface area contributed by atoms with Gasteiger partial charge in [-0.05, 0) is 43.5 Å². The number of halogens is 1. The molecule has 14 heavy (non-hydrogen) atoms. The first kappa shape index (κ1) is 11.1. The van der Waals surface area contributed by atoms with Crippen molar-refractivity contribution in [3.05, 3.63) is 34.3 Å². The number of benzene rings is 1. The molecule has 0 aliphatic rings. The highest BCUT2D eigenvalue weighted by Gasteiger charge is 2.25. The average Bonchev–Trinajstić information content (AvgIpc) is 2.17. The van der Waals surface area contributed by atoms with Gasteiger partial charge in [-0.3, -0.25) is 0 Å². The predicted molar refractivity (Wildman–Crippen MR) is 59.4 cm³/mol. The minimum atomic E-state index is -0.394. The molecule has 0 aliphatic carbocycles. The normalized spacial score (nSPS) is 14.5. The third kappa shape index (κ3) is 1.91. The van der Waals surface area contributed by atoms with Crippen LogP contribution in [0.15, 0.2) is 18.2 Å². The smallest absolute Gasteiger partial charge is 0.0794 e. The molecule has 0 saturated heterocycles. The molecule has 1 nitrogen and oxygen atoms in total. The first-order chi connectivity index (χ1) is 6.53. The van der Waals surface area contributed by atoms with Crippen LogP contribution in [0.2, 0.25) is 5.02 Å². The second kappa shape index (κ2) is 4.02. The maximum Gasteiger partial charge on any atom is 0.0794 e. The van der Waals surface area contributed by atoms with Gasteiger partial charge in [0.1, 0.15) is 0 Å². The quantitative estimate of drug-likeness (QED) is 0.723. The van der Waals surface area contributed by atoms with E-state index in [1.807, 2.05) is 39.0 Å². The van der Waals surface area contributed by atoms with Crippen LogP contribution in [0.25, 0.3) is 0 Å². The van der Waals surface area contributed by atoms with Crippen molar-refractivity contribution in [1.82, 2.24) is 0 Å². The van der Waals surface area contributed by atoms with Gasteiger partial charge in [0.05, 0.1) is 11.5 Å². The van der Waals surface area contributed by atoms with Gasteiger partial charge in [0.15, 0.2) is 0 Å². The van der Waals surface area contributed by atoms with Crippen molar-refractivity contribution in [1.29, 1.82) is 5.26 Å². The fourth-order valence-electron chi connectivity index (χ4n) is 1.58. The van der Waals surface area contributed by atoms with Crippen molar-refractivity contribution in [2.75, 3.05) is 0 Å². The van der Waals surface area contributed by atoms with Gasteiger partial charge in [-0.2, -0.15) is 5.26 Å². The van der Waals surface area contributed by atoms with Gasteiger partial charge in [0.2, 0.25) is 0 Å². The van der Waals surface area contributed by atoms with Crippen molar-refractivity contribution >= 4 is 11.6 Å². The topological polar surface area (TPSA) is 23.8 Å². The van der Waals surface area contributed by atoms with E-state index in [0.29, 0.717) is 0 Å². The molecule has 1 aromatic rings. The molecule has 0 radical (unpaired) electrons. The van der Waals surface area contributed by atoms with E-state index in [0.717, 1.165) is 22.6 Å². The number of nitriles is 1. The standard InChI is InChI=1S/C12H14ClN/c1-4-12(3,8-14)11-6-5-10(13)7-9(11)2/h5-7H,4H2,1-3H3. The number of rotatable bonds is 2. The molecule has 0 heterocycles. The summed E-state index contributed by atoms with van der Waals surface area (Å²) in [7, 11) is 0. The van der Waals surface area contributed by atoms with Gasteiger partial charge in [-0.25, -0.2) is 0 Å². The molecule has 1 atom stereocenters. The molecule has 0 aromatic heterocycles. The largest absolute Gasteiger partial charge is 0.197 e. The summed E-state index contributed by atoms with van der Waals surface area (Å²) in [5.41, 5.74) is 1.77. The minimum absolute atomic E-state index is 0.394. The maximum atomic E-state index is 9.15. The molecule has 2 heteroatoms. The SMILES string of the molecule is CCC(C)(C#N)c1ccc(Cl)cc1C. The second-order valence-corrected chi connectivity index (χ2v) is 4.19. The molecule has 0 fully saturated rings. The molecule has 0 saturated carbocycles. The van der Waals surface area contributed by atoms with Crippen LogP contribution in [0, 0.1) is 18.3 Å². The Morgan fingerprint density at radius 1 is 1.50 bits per heavy atom. The Hall–Kier alpha value is -1.00. The lowest BCUT2D eigenvalue weighted by Crippen LogP contribution is -2.19. The van der Waals surface area contributed by atoms with E-state index in [1.54, 1.807) is 0 Å². The number of aryl methyl sites for hydroxylation is 1. The summed E-state index contributed by atoms with van der Waals surface area (Å²) in [5.74, 6) is 0. The van der Waals surface area contributed by atoms with E-state index in [9.17, 15) is 0 Å². The Morgan fingerprint density at radius 3 is 2.57 bits per heavy atom. The van der Waals surface area contributed by atoms with Gasteiger partial charge in [0, 0.05) is 5.02 Å². The fraction of sp³-hybridized carbons (Fsp3) is 0.417. The van der Waals surface area contributed by atoms with E-state index >= 15 is 0 Å². The highest BCUT2D eigenvalue weighted by molar-refractivity contribution is 6.30. The van der Waals surface area contributed by atoms with Crippen LogP contribution in [-0.2, 0) is 5.41 Å². The highest BCUT2D eigenvalue weighted by atomic mass is 35.5. The van der Waals surface area contributed by atoms with Gasteiger partial charge < -0.3 is 0 Å². The maximum absolute atomic E-state index is 9.15. The Kier molecular flexibility index (Phi) is 3.18. The summed E-state index contributed by atoms with van der Waals surface area (Å²) in [5, 5.41) is 9.87. The Labute approximate surface area is 90.3 Å². The number of hydrogen-bond donors (Lipinski definition) is 0. The Morgan fingerprint density at radius 2 is 2.14 bits per heavy atom. The lowest BCUT2D eigenvalue weighted by Gasteiger charge is -2.22. The van der Waals surface area contributed by atoms with Crippen LogP contribution in [0.1, 0.15) is 31.4 Å². The molecular formula is C12H14ClN. The van der Waals surface area contributed by atoms with E-state index in [2.05, 4.69) is 6.07 Å². The third-order valence-electron chi connectivity index (χ3n) is 2.74. The zero-order valence-electron chi connectivity index (χ0n) is 8.76. The monoisotopic (exact) mass is 207 g/mol. The van der Waals surface area contributed by atoms with Crippen molar-refractivity contribution < 1.29 is 0 Å². The summed E-state index contributed by atoms with van der Waals surface area (Å²) in [6.45, 7) is 5.98. The van der Waals surface area contributed by atoms with Gasteiger partial charge in [0.25, 0.3) is 0 Å². The molecule has 0 aliphatic heterocycles. The van der Waals surface area contributed by atoms with E-state index < -0.39 is 5.41 Å². The molecule has 0 bridgehead atoms. The molecule has 0 amide bonds. The molecule has 74 valence electrons. The first-order valence-corrected chi connectivity index (χ1v) is 5.09. The predicted octanol–water partition coefficient (Wildman–Crippen LogP) is 3.84. The van der Waals surface area contributed by atoms with Crippen LogP contribution in [0.3, 0.4) is 0 Å². The van der Waals surface area contributed by atoms with Crippen molar-refractivity contribution in [3.63, 3.8) is 0 Å². The first-order valence-electron chi connectivity index (χ1n) is 4.71. The van der Waals surface area contributed by atoms with Gasteiger partial charge >= 0.3 is 0 Å². The highest BCUT2D eigenvalue weighted by Crippen LogP contribution is 2.30. The summed E-state index contributed by atoms with van der Waals surface area (Å²) >= 11 is 5.87. The molecular weight excluding hydrogens is 194 g/mol. The lowest BCUT2D eigenvalue weighted by atomic mass is 9.79. The van der Waals surface area contributed by atoms with Crippen LogP contribution in [-0.4, -0.2) is 0 Å². The van der Waals surface area contributed by atoms with Crippen LogP contribution < -0.4 is 0 Å². The molecule has 0 spiro atoms. The molecule has 0 N–H and O–H groups in total. The summed E-state index contributed by atoms with van der Waals surface area (Å²) in [4.78, 5) is 0. The number of hydrogen-bond acceptors (Lipinski definition) is 1. The van der Waals surface area contributed by atoms with Gasteiger partial charge in [-0.1, -0.05) is 24.6 Å². The summed E-state index contributed by atoms with van der Waals surface area (Å²) < 4.78 is 0. The van der Waals surface area contributed by atoms with E-state index in [4.69, 9.17) is 16.9 Å². The van der Waals surface area contributed by atoms with Crippen molar-refractivity contribution in [2.24, 2.45) is 0 Å². The van der Waals surface area contributed by atoms with E-state index in [1.165, 1.54) is 0 Å². The summed E-state index contributed by atoms with van der Waals surface area (Å²) in [6.07, 6.45) is 0.811. The van der Waals surface area contributed by atoms with Crippen LogP contribution >= 0.6 is 11.6 Å². The Balaban J connectivity index is 3.26. The van der Waals surface area contributed by atoms with Gasteiger partial charge in [-0.15, -0.1) is 0 Å². The third-order valence-corrected chi connectivity index (χ3v) is 2.97. The van der Waals surface area contributed by atoms with E-state index in [-0.39, 0.29) is 0 Å². The van der Waals surface area contributed by atoms with Crippen molar-refractivity contribution in [3.8, 4) is 6.07 Å². The van der Waals surface area contributed by atoms with Crippen LogP contribution in [0.5, 0.6) is 0 Å². The fourth-order valence-corrected chi connectivity index (χ4v) is 1.80. The second-order valence-electron chi connectivity index (χ2n) is 3.76. The number of nitrogens with zero attached hydrogens (tertiary/aromatic N) is 1. The average molecular weight is 208 g/mol. The lowest BCUT2D eigenvalue weighted by molar-refractivity contribution is 0.583. The zero-order valence-corrected chi connectivity index (χ0v) is 9.52. The Bertz CT molecular complexity index is 378. The zero-order chi connectivity index (χ0) is 10.8. The minimum Gasteiger partial charge on any atom is -0.197 e. The molecule has 1 rings (SSSR count). The molecule has 1 aromatic carbocycles. The molecule has 1 unspecified atom stereocenters. The van der Waals surface area contributed by atoms with Crippen molar-refractivity contribution in [2.45, 2.75) is 32.6 Å². The van der Waals surface area contributed by atoms with Crippen LogP contribution in [0.4, 0.5) is 0 Å². The summed E-state index contributed by atoms with van der Waals surface area (Å²) in [6, 6.07) is 8.06.